The summed E-state index contributed by atoms with van der Waals surface area (Å²) >= 11 is 0. The van der Waals surface area contributed by atoms with Crippen LogP contribution in [0.15, 0.2) is 48.5 Å². The van der Waals surface area contributed by atoms with Crippen molar-refractivity contribution >= 4 is 22.8 Å². The van der Waals surface area contributed by atoms with E-state index < -0.39 is 5.91 Å². The average Bonchev–Trinajstić information content (AvgIpc) is 3.33. The monoisotopic (exact) mass is 364 g/mol. The first-order valence-electron chi connectivity index (χ1n) is 8.09. The van der Waals surface area contributed by atoms with Gasteiger partial charge in [0.15, 0.2) is 11.4 Å². The van der Waals surface area contributed by atoms with Crippen LogP contribution in [0.2, 0.25) is 0 Å². The minimum absolute atomic E-state index is 0.0736. The minimum Gasteiger partial charge on any atom is -0.497 e. The van der Waals surface area contributed by atoms with E-state index in [1.54, 1.807) is 7.11 Å². The van der Waals surface area contributed by atoms with Crippen molar-refractivity contribution in [3.63, 3.8) is 0 Å². The Morgan fingerprint density at radius 2 is 1.93 bits per heavy atom. The maximum absolute atomic E-state index is 13.0. The Morgan fingerprint density at radius 1 is 1.11 bits per heavy atom. The molecule has 0 saturated heterocycles. The van der Waals surface area contributed by atoms with Crippen LogP contribution in [0.3, 0.4) is 0 Å². The number of nitrogens with zero attached hydrogens (tertiary/aromatic N) is 4. The molecule has 4 aromatic rings. The van der Waals surface area contributed by atoms with E-state index in [0.717, 1.165) is 16.6 Å². The van der Waals surface area contributed by atoms with Crippen molar-refractivity contribution in [2.24, 2.45) is 0 Å². The van der Waals surface area contributed by atoms with Gasteiger partial charge >= 0.3 is 0 Å². The number of nitrogens with one attached hydrogen (secondary N) is 2. The summed E-state index contributed by atoms with van der Waals surface area (Å²) in [4.78, 5) is 13.0. The number of fused-ring (bicyclic) bond motifs is 1. The number of para-hydroxylation sites is 1. The molecule has 0 aliphatic rings. The lowest BCUT2D eigenvalue weighted by Crippen LogP contribution is -2.18. The van der Waals surface area contributed by atoms with Gasteiger partial charge in [-0.15, -0.1) is 5.10 Å². The number of ether oxygens (including phenoxy) is 2. The molecule has 0 aliphatic carbocycles. The number of carbonyl (C=O) groups is 1. The number of anilines is 1. The number of aromatic nitrogens is 5. The van der Waals surface area contributed by atoms with E-state index in [0.29, 0.717) is 17.2 Å². The molecule has 0 unspecified atom stereocenters. The van der Waals surface area contributed by atoms with Crippen LogP contribution in [0.25, 0.3) is 16.6 Å². The number of rotatable bonds is 5. The van der Waals surface area contributed by atoms with Crippen LogP contribution < -0.4 is 14.8 Å². The number of hydrogen-bond acceptors (Lipinski definition) is 6. The van der Waals surface area contributed by atoms with Gasteiger partial charge in [-0.2, -0.15) is 5.21 Å². The van der Waals surface area contributed by atoms with Crippen molar-refractivity contribution in [3.8, 4) is 17.2 Å². The van der Waals surface area contributed by atoms with Crippen molar-refractivity contribution < 1.29 is 14.3 Å². The summed E-state index contributed by atoms with van der Waals surface area (Å²) in [6, 6.07) is 15.1. The summed E-state index contributed by atoms with van der Waals surface area (Å²) in [5, 5.41) is 16.7. The van der Waals surface area contributed by atoms with Crippen molar-refractivity contribution in [2.45, 2.75) is 0 Å². The van der Waals surface area contributed by atoms with Crippen LogP contribution in [-0.2, 0) is 0 Å². The molecule has 0 aliphatic heterocycles. The van der Waals surface area contributed by atoms with E-state index >= 15 is 0 Å². The van der Waals surface area contributed by atoms with Gasteiger partial charge in [-0.05, 0) is 35.5 Å². The predicted molar refractivity (Wildman–Crippen MR) is 98.5 cm³/mol. The number of tetrazole rings is 1. The molecule has 136 valence electrons. The molecule has 9 nitrogen and oxygen atoms in total. The highest BCUT2D eigenvalue weighted by atomic mass is 16.5. The molecule has 27 heavy (non-hydrogen) atoms. The van der Waals surface area contributed by atoms with Crippen molar-refractivity contribution in [3.05, 3.63) is 54.2 Å². The van der Waals surface area contributed by atoms with Gasteiger partial charge in [-0.1, -0.05) is 23.3 Å². The fourth-order valence-corrected chi connectivity index (χ4v) is 3.00. The predicted octanol–water partition coefficient (Wildman–Crippen LogP) is 2.41. The molecule has 2 aromatic heterocycles. The lowest BCUT2D eigenvalue weighted by molar-refractivity contribution is 0.101. The zero-order valence-electron chi connectivity index (χ0n) is 14.6. The van der Waals surface area contributed by atoms with E-state index in [1.165, 1.54) is 7.11 Å². The number of amides is 1. The second-order valence-corrected chi connectivity index (χ2v) is 5.63. The average molecular weight is 364 g/mol. The van der Waals surface area contributed by atoms with Crippen molar-refractivity contribution in [1.82, 2.24) is 25.2 Å². The van der Waals surface area contributed by atoms with Gasteiger partial charge in [-0.3, -0.25) is 10.1 Å². The number of hydrogen-bond donors (Lipinski definition) is 2. The molecule has 1 amide bonds. The summed E-state index contributed by atoms with van der Waals surface area (Å²) < 4.78 is 12.7. The Hall–Kier alpha value is -3.88. The second-order valence-electron chi connectivity index (χ2n) is 5.63. The van der Waals surface area contributed by atoms with Gasteiger partial charge in [0.1, 0.15) is 5.75 Å². The molecule has 0 spiro atoms. The highest BCUT2D eigenvalue weighted by molar-refractivity contribution is 6.10. The topological polar surface area (TPSA) is 107 Å². The van der Waals surface area contributed by atoms with Crippen LogP contribution >= 0.6 is 0 Å². The zero-order chi connectivity index (χ0) is 18.8. The van der Waals surface area contributed by atoms with Crippen LogP contribution in [0.5, 0.6) is 11.5 Å². The SMILES string of the molecule is COc1ccc2c(c1)c(OC)c(C(=O)Nc1nn[nH]n1)n2-c1ccccc1. The fourth-order valence-electron chi connectivity index (χ4n) is 3.00. The van der Waals surface area contributed by atoms with Gasteiger partial charge < -0.3 is 14.0 Å². The van der Waals surface area contributed by atoms with Gasteiger partial charge in [0.25, 0.3) is 11.9 Å². The number of methoxy groups -OCH3 is 2. The summed E-state index contributed by atoms with van der Waals surface area (Å²) in [7, 11) is 3.11. The first-order valence-corrected chi connectivity index (χ1v) is 8.09. The number of H-pyrrole nitrogens is 1. The molecular formula is C18H16N6O3. The van der Waals surface area contributed by atoms with E-state index in [4.69, 9.17) is 9.47 Å². The molecule has 0 saturated carbocycles. The quantitative estimate of drug-likeness (QED) is 0.563. The Balaban J connectivity index is 1.98. The number of carbonyl (C=O) groups excluding carboxylic acids is 1. The van der Waals surface area contributed by atoms with Crippen LogP contribution in [-0.4, -0.2) is 45.3 Å². The Kier molecular flexibility index (Phi) is 4.17. The molecule has 0 radical (unpaired) electrons. The highest BCUT2D eigenvalue weighted by Gasteiger charge is 2.26. The second kappa shape index (κ2) is 6.79. The van der Waals surface area contributed by atoms with E-state index in [1.807, 2.05) is 53.1 Å². The molecule has 2 aromatic carbocycles. The minimum atomic E-state index is -0.424. The number of aromatic amines is 1. The smallest absolute Gasteiger partial charge is 0.279 e. The third-order valence-corrected chi connectivity index (χ3v) is 4.13. The Labute approximate surface area is 153 Å². The number of benzene rings is 2. The van der Waals surface area contributed by atoms with Crippen LogP contribution in [0.1, 0.15) is 10.5 Å². The summed E-state index contributed by atoms with van der Waals surface area (Å²) in [6.45, 7) is 0. The van der Waals surface area contributed by atoms with Gasteiger partial charge in [-0.25, -0.2) is 0 Å². The molecule has 0 atom stereocenters. The standard InChI is InChI=1S/C18H16N6O3/c1-26-12-8-9-14-13(10-12)16(27-2)15(17(25)19-18-20-22-23-21-18)24(14)11-6-4-3-5-7-11/h3-10H,1-2H3,(H2,19,20,21,22,23,25). The van der Waals surface area contributed by atoms with E-state index in [2.05, 4.69) is 25.9 Å². The van der Waals surface area contributed by atoms with Gasteiger partial charge in [0.2, 0.25) is 0 Å². The lowest BCUT2D eigenvalue weighted by Gasteiger charge is -2.11. The van der Waals surface area contributed by atoms with Gasteiger partial charge in [0, 0.05) is 11.1 Å². The largest absolute Gasteiger partial charge is 0.497 e. The molecular weight excluding hydrogens is 348 g/mol. The first kappa shape index (κ1) is 16.6. The van der Waals surface area contributed by atoms with Crippen LogP contribution in [0.4, 0.5) is 5.95 Å². The molecule has 4 rings (SSSR count). The molecule has 0 bridgehead atoms. The normalized spacial score (nSPS) is 10.7. The molecule has 2 heterocycles. The first-order chi connectivity index (χ1) is 13.2. The van der Waals surface area contributed by atoms with E-state index in [-0.39, 0.29) is 5.95 Å². The maximum atomic E-state index is 13.0. The van der Waals surface area contributed by atoms with Crippen LogP contribution in [0, 0.1) is 0 Å². The van der Waals surface area contributed by atoms with E-state index in [9.17, 15) is 4.79 Å². The highest BCUT2D eigenvalue weighted by Crippen LogP contribution is 2.37. The lowest BCUT2D eigenvalue weighted by atomic mass is 10.2. The zero-order valence-corrected chi connectivity index (χ0v) is 14.6. The third-order valence-electron chi connectivity index (χ3n) is 4.13. The summed E-state index contributed by atoms with van der Waals surface area (Å²) in [5.41, 5.74) is 1.93. The maximum Gasteiger partial charge on any atom is 0.279 e. The third kappa shape index (κ3) is 2.84. The molecule has 2 N–H and O–H groups in total. The summed E-state index contributed by atoms with van der Waals surface area (Å²) in [6.07, 6.45) is 0. The molecule has 9 heteroatoms. The van der Waals surface area contributed by atoms with Gasteiger partial charge in [0.05, 0.1) is 19.7 Å². The summed E-state index contributed by atoms with van der Waals surface area (Å²) in [5.74, 6) is 0.738. The Bertz CT molecular complexity index is 1090. The van der Waals surface area contributed by atoms with Crippen molar-refractivity contribution in [2.75, 3.05) is 19.5 Å². The Morgan fingerprint density at radius 3 is 2.59 bits per heavy atom. The molecule has 0 fully saturated rings. The fraction of sp³-hybridized carbons (Fsp3) is 0.111. The van der Waals surface area contributed by atoms with Crippen molar-refractivity contribution in [1.29, 1.82) is 0 Å².